The van der Waals surface area contributed by atoms with Gasteiger partial charge in [0.05, 0.1) is 17.8 Å². The molecule has 86 valence electrons. The zero-order valence-electron chi connectivity index (χ0n) is 9.07. The maximum atomic E-state index is 8.95. The molecule has 0 bridgehead atoms. The van der Waals surface area contributed by atoms with Crippen molar-refractivity contribution < 1.29 is 4.52 Å². The first-order valence-electron chi connectivity index (χ1n) is 4.92. The normalized spacial score (nSPS) is 9.94. The summed E-state index contributed by atoms with van der Waals surface area (Å²) in [5, 5.41) is 15.7. The Kier molecular flexibility index (Phi) is 3.40. The lowest BCUT2D eigenvalue weighted by molar-refractivity contribution is 0.379. The monoisotopic (exact) mass is 292 g/mol. The number of hydrogen-bond donors (Lipinski definition) is 1. The standard InChI is InChI=1S/C11H9BrN4O/c1-7-15-11(17-16-7)6-14-10-4-9(12)3-2-8(10)5-13/h2-4,14H,6H2,1H3. The van der Waals surface area contributed by atoms with Crippen molar-refractivity contribution in [3.8, 4) is 6.07 Å². The van der Waals surface area contributed by atoms with E-state index in [1.165, 1.54) is 0 Å². The van der Waals surface area contributed by atoms with Gasteiger partial charge < -0.3 is 9.84 Å². The number of benzene rings is 1. The fourth-order valence-corrected chi connectivity index (χ4v) is 1.70. The molecule has 0 aliphatic rings. The molecule has 0 aliphatic heterocycles. The lowest BCUT2D eigenvalue weighted by Gasteiger charge is -2.05. The number of anilines is 1. The third-order valence-electron chi connectivity index (χ3n) is 2.10. The Bertz CT molecular complexity index is 573. The van der Waals surface area contributed by atoms with Gasteiger partial charge in [0.15, 0.2) is 5.82 Å². The molecule has 1 aromatic carbocycles. The quantitative estimate of drug-likeness (QED) is 0.941. The highest BCUT2D eigenvalue weighted by Crippen LogP contribution is 2.21. The Morgan fingerprint density at radius 1 is 1.53 bits per heavy atom. The van der Waals surface area contributed by atoms with Gasteiger partial charge in [-0.25, -0.2) is 0 Å². The summed E-state index contributed by atoms with van der Waals surface area (Å²) in [6, 6.07) is 7.51. The first kappa shape index (κ1) is 11.6. The molecule has 1 N–H and O–H groups in total. The maximum Gasteiger partial charge on any atom is 0.245 e. The molecule has 5 nitrogen and oxygen atoms in total. The number of aromatic nitrogens is 2. The summed E-state index contributed by atoms with van der Waals surface area (Å²) in [5.41, 5.74) is 1.31. The van der Waals surface area contributed by atoms with Crippen LogP contribution in [-0.4, -0.2) is 10.1 Å². The van der Waals surface area contributed by atoms with E-state index in [0.29, 0.717) is 23.8 Å². The van der Waals surface area contributed by atoms with Gasteiger partial charge >= 0.3 is 0 Å². The van der Waals surface area contributed by atoms with Crippen molar-refractivity contribution in [2.45, 2.75) is 13.5 Å². The van der Waals surface area contributed by atoms with E-state index in [9.17, 15) is 0 Å². The number of nitrogens with zero attached hydrogens (tertiary/aromatic N) is 3. The molecular formula is C11H9BrN4O. The molecule has 1 heterocycles. The van der Waals surface area contributed by atoms with Crippen molar-refractivity contribution in [1.82, 2.24) is 10.1 Å². The van der Waals surface area contributed by atoms with Gasteiger partial charge in [0.25, 0.3) is 0 Å². The highest BCUT2D eigenvalue weighted by molar-refractivity contribution is 9.10. The van der Waals surface area contributed by atoms with Gasteiger partial charge in [-0.3, -0.25) is 0 Å². The van der Waals surface area contributed by atoms with Crippen LogP contribution in [0.4, 0.5) is 5.69 Å². The third kappa shape index (κ3) is 2.82. The van der Waals surface area contributed by atoms with E-state index in [4.69, 9.17) is 9.78 Å². The summed E-state index contributed by atoms with van der Waals surface area (Å²) in [4.78, 5) is 4.07. The van der Waals surface area contributed by atoms with E-state index in [1.807, 2.05) is 12.1 Å². The molecule has 17 heavy (non-hydrogen) atoms. The summed E-state index contributed by atoms with van der Waals surface area (Å²) < 4.78 is 5.87. The number of rotatable bonds is 3. The van der Waals surface area contributed by atoms with Gasteiger partial charge in [-0.05, 0) is 25.1 Å². The van der Waals surface area contributed by atoms with E-state index in [-0.39, 0.29) is 0 Å². The molecule has 0 saturated carbocycles. The maximum absolute atomic E-state index is 8.95. The molecule has 0 amide bonds. The van der Waals surface area contributed by atoms with Crippen LogP contribution in [0.1, 0.15) is 17.3 Å². The second kappa shape index (κ2) is 4.97. The Labute approximate surface area is 107 Å². The zero-order chi connectivity index (χ0) is 12.3. The van der Waals surface area contributed by atoms with Crippen molar-refractivity contribution in [2.75, 3.05) is 5.32 Å². The molecule has 6 heteroatoms. The molecule has 0 atom stereocenters. The minimum atomic E-state index is 0.395. The average molecular weight is 293 g/mol. The fraction of sp³-hybridized carbons (Fsp3) is 0.182. The summed E-state index contributed by atoms with van der Waals surface area (Å²) in [7, 11) is 0. The van der Waals surface area contributed by atoms with Crippen molar-refractivity contribution in [3.63, 3.8) is 0 Å². The molecule has 0 saturated heterocycles. The van der Waals surface area contributed by atoms with Crippen LogP contribution in [0.2, 0.25) is 0 Å². The molecular weight excluding hydrogens is 284 g/mol. The lowest BCUT2D eigenvalue weighted by atomic mass is 10.2. The predicted molar refractivity (Wildman–Crippen MR) is 65.2 cm³/mol. The summed E-state index contributed by atoms with van der Waals surface area (Å²) in [5.74, 6) is 1.09. The number of hydrogen-bond acceptors (Lipinski definition) is 5. The van der Waals surface area contributed by atoms with E-state index in [1.54, 1.807) is 13.0 Å². The highest BCUT2D eigenvalue weighted by atomic mass is 79.9. The van der Waals surface area contributed by atoms with Crippen LogP contribution >= 0.6 is 15.9 Å². The highest BCUT2D eigenvalue weighted by Gasteiger charge is 2.05. The molecule has 0 unspecified atom stereocenters. The molecule has 0 fully saturated rings. The van der Waals surface area contributed by atoms with Crippen LogP contribution in [0.5, 0.6) is 0 Å². The van der Waals surface area contributed by atoms with Crippen molar-refractivity contribution in [1.29, 1.82) is 5.26 Å². The van der Waals surface area contributed by atoms with Crippen LogP contribution in [0.3, 0.4) is 0 Å². The van der Waals surface area contributed by atoms with Crippen molar-refractivity contribution in [2.24, 2.45) is 0 Å². The number of nitriles is 1. The lowest BCUT2D eigenvalue weighted by Crippen LogP contribution is -2.01. The molecule has 0 aliphatic carbocycles. The predicted octanol–water partition coefficient (Wildman–Crippen LogP) is 2.62. The van der Waals surface area contributed by atoms with Crippen LogP contribution in [0.25, 0.3) is 0 Å². The van der Waals surface area contributed by atoms with Gasteiger partial charge in [0.1, 0.15) is 6.07 Å². The minimum absolute atomic E-state index is 0.395. The first-order chi connectivity index (χ1) is 8.19. The summed E-state index contributed by atoms with van der Waals surface area (Å²) >= 11 is 3.36. The van der Waals surface area contributed by atoms with E-state index < -0.39 is 0 Å². The van der Waals surface area contributed by atoms with Crippen LogP contribution in [-0.2, 0) is 6.54 Å². The second-order valence-electron chi connectivity index (χ2n) is 3.39. The number of nitrogens with one attached hydrogen (secondary N) is 1. The molecule has 0 radical (unpaired) electrons. The van der Waals surface area contributed by atoms with Crippen molar-refractivity contribution in [3.05, 3.63) is 40.0 Å². The van der Waals surface area contributed by atoms with Gasteiger partial charge in [-0.15, -0.1) is 0 Å². The average Bonchev–Trinajstić information content (AvgIpc) is 2.73. The Morgan fingerprint density at radius 3 is 3.00 bits per heavy atom. The fourth-order valence-electron chi connectivity index (χ4n) is 1.34. The second-order valence-corrected chi connectivity index (χ2v) is 4.31. The van der Waals surface area contributed by atoms with Gasteiger partial charge in [-0.2, -0.15) is 10.2 Å². The van der Waals surface area contributed by atoms with Crippen LogP contribution in [0.15, 0.2) is 27.2 Å². The zero-order valence-corrected chi connectivity index (χ0v) is 10.7. The minimum Gasteiger partial charge on any atom is -0.375 e. The smallest absolute Gasteiger partial charge is 0.245 e. The Morgan fingerprint density at radius 2 is 2.35 bits per heavy atom. The van der Waals surface area contributed by atoms with Crippen molar-refractivity contribution >= 4 is 21.6 Å². The van der Waals surface area contributed by atoms with Crippen LogP contribution in [0, 0.1) is 18.3 Å². The number of aryl methyl sites for hydroxylation is 1. The topological polar surface area (TPSA) is 74.7 Å². The first-order valence-corrected chi connectivity index (χ1v) is 5.71. The van der Waals surface area contributed by atoms with E-state index >= 15 is 0 Å². The van der Waals surface area contributed by atoms with Crippen LogP contribution < -0.4 is 5.32 Å². The summed E-state index contributed by atoms with van der Waals surface area (Å²) in [6.45, 7) is 2.15. The van der Waals surface area contributed by atoms with E-state index in [0.717, 1.165) is 10.2 Å². The molecule has 2 aromatic rings. The van der Waals surface area contributed by atoms with E-state index in [2.05, 4.69) is 37.5 Å². The largest absolute Gasteiger partial charge is 0.375 e. The number of halogens is 1. The Balaban J connectivity index is 2.13. The molecule has 2 rings (SSSR count). The summed E-state index contributed by atoms with van der Waals surface area (Å²) in [6.07, 6.45) is 0. The van der Waals surface area contributed by atoms with Gasteiger partial charge in [-0.1, -0.05) is 21.1 Å². The Hall–Kier alpha value is -1.87. The SMILES string of the molecule is Cc1noc(CNc2cc(Br)ccc2C#N)n1. The van der Waals surface area contributed by atoms with Gasteiger partial charge in [0.2, 0.25) is 5.89 Å². The van der Waals surface area contributed by atoms with Gasteiger partial charge in [0, 0.05) is 4.47 Å². The third-order valence-corrected chi connectivity index (χ3v) is 2.60. The molecule has 0 spiro atoms. The molecule has 1 aromatic heterocycles.